The van der Waals surface area contributed by atoms with Crippen LogP contribution < -0.4 is 10.6 Å². The van der Waals surface area contributed by atoms with Gasteiger partial charge in [0, 0.05) is 19.8 Å². The van der Waals surface area contributed by atoms with Gasteiger partial charge in [-0.2, -0.15) is 0 Å². The van der Waals surface area contributed by atoms with Gasteiger partial charge in [-0.1, -0.05) is 29.8 Å². The maximum atomic E-state index is 13.1. The van der Waals surface area contributed by atoms with Crippen molar-refractivity contribution in [3.05, 3.63) is 35.4 Å². The lowest BCUT2D eigenvalue weighted by molar-refractivity contribution is -0.130. The van der Waals surface area contributed by atoms with Crippen molar-refractivity contribution in [1.82, 2.24) is 10.6 Å². The number of ether oxygens (including phenoxy) is 1. The lowest BCUT2D eigenvalue weighted by Gasteiger charge is -2.36. The molecule has 0 aromatic heterocycles. The minimum absolute atomic E-state index is 0. The second-order valence-electron chi connectivity index (χ2n) is 7.32. The topological polar surface area (TPSA) is 50.4 Å². The van der Waals surface area contributed by atoms with Gasteiger partial charge in [-0.05, 0) is 63.6 Å². The Labute approximate surface area is 157 Å². The molecule has 1 atom stereocenters. The maximum absolute atomic E-state index is 13.1. The Morgan fingerprint density at radius 3 is 2.64 bits per heavy atom. The van der Waals surface area contributed by atoms with Crippen LogP contribution in [0, 0.1) is 12.8 Å². The van der Waals surface area contributed by atoms with Gasteiger partial charge in [0.05, 0.1) is 5.41 Å². The average Bonchev–Trinajstić information content (AvgIpc) is 2.63. The van der Waals surface area contributed by atoms with Crippen molar-refractivity contribution in [3.8, 4) is 0 Å². The summed E-state index contributed by atoms with van der Waals surface area (Å²) in [5.41, 5.74) is 1.94. The SMILES string of the molecule is Cc1ccc(C2(C(=O)NCCC3CCCNC3)CCOCC2)cc1.Cl. The van der Waals surface area contributed by atoms with Crippen LogP contribution in [0.3, 0.4) is 0 Å². The number of carbonyl (C=O) groups is 1. The average molecular weight is 367 g/mol. The molecule has 2 saturated heterocycles. The van der Waals surface area contributed by atoms with E-state index in [0.29, 0.717) is 19.1 Å². The van der Waals surface area contributed by atoms with E-state index in [4.69, 9.17) is 4.74 Å². The van der Waals surface area contributed by atoms with Gasteiger partial charge in [-0.25, -0.2) is 0 Å². The number of halogens is 1. The van der Waals surface area contributed by atoms with Crippen molar-refractivity contribution in [1.29, 1.82) is 0 Å². The molecule has 0 aliphatic carbocycles. The molecule has 2 heterocycles. The van der Waals surface area contributed by atoms with Crippen molar-refractivity contribution >= 4 is 18.3 Å². The van der Waals surface area contributed by atoms with E-state index in [1.807, 2.05) is 0 Å². The molecular weight excluding hydrogens is 336 g/mol. The van der Waals surface area contributed by atoms with E-state index in [2.05, 4.69) is 41.8 Å². The standard InChI is InChI=1S/C20H30N2O2.ClH/c1-16-4-6-18(7-5-16)20(9-13-24-14-10-20)19(23)22-12-8-17-3-2-11-21-15-17;/h4-7,17,21H,2-3,8-15H2,1H3,(H,22,23);1H. The summed E-state index contributed by atoms with van der Waals surface area (Å²) in [4.78, 5) is 13.1. The fourth-order valence-corrected chi connectivity index (χ4v) is 3.97. The molecule has 2 fully saturated rings. The minimum Gasteiger partial charge on any atom is -0.381 e. The van der Waals surface area contributed by atoms with Gasteiger partial charge >= 0.3 is 0 Å². The summed E-state index contributed by atoms with van der Waals surface area (Å²) in [6.45, 7) is 6.41. The van der Waals surface area contributed by atoms with E-state index in [0.717, 1.165) is 44.5 Å². The predicted molar refractivity (Wildman–Crippen MR) is 103 cm³/mol. The van der Waals surface area contributed by atoms with Crippen molar-refractivity contribution in [2.75, 3.05) is 32.8 Å². The first-order valence-electron chi connectivity index (χ1n) is 9.35. The Morgan fingerprint density at radius 1 is 1.28 bits per heavy atom. The second-order valence-corrected chi connectivity index (χ2v) is 7.32. The van der Waals surface area contributed by atoms with E-state index >= 15 is 0 Å². The highest BCUT2D eigenvalue weighted by Crippen LogP contribution is 2.35. The Bertz CT molecular complexity index is 535. The summed E-state index contributed by atoms with van der Waals surface area (Å²) in [5.74, 6) is 0.877. The fourth-order valence-electron chi connectivity index (χ4n) is 3.97. The number of rotatable bonds is 5. The van der Waals surface area contributed by atoms with Gasteiger partial charge in [0.1, 0.15) is 0 Å². The van der Waals surface area contributed by atoms with Crippen molar-refractivity contribution in [2.24, 2.45) is 5.92 Å². The summed E-state index contributed by atoms with van der Waals surface area (Å²) in [5, 5.41) is 6.68. The molecule has 1 amide bonds. The zero-order chi connectivity index (χ0) is 16.8. The molecule has 25 heavy (non-hydrogen) atoms. The molecule has 2 N–H and O–H groups in total. The largest absolute Gasteiger partial charge is 0.381 e. The summed E-state index contributed by atoms with van der Waals surface area (Å²) in [7, 11) is 0. The quantitative estimate of drug-likeness (QED) is 0.842. The number of benzene rings is 1. The number of hydrogen-bond acceptors (Lipinski definition) is 3. The van der Waals surface area contributed by atoms with E-state index in [1.165, 1.54) is 18.4 Å². The third-order valence-corrected chi connectivity index (χ3v) is 5.62. The number of piperidine rings is 1. The molecule has 140 valence electrons. The van der Waals surface area contributed by atoms with Crippen LogP contribution >= 0.6 is 12.4 Å². The first-order valence-corrected chi connectivity index (χ1v) is 9.35. The fraction of sp³-hybridized carbons (Fsp3) is 0.650. The molecule has 0 spiro atoms. The van der Waals surface area contributed by atoms with Gasteiger partial charge < -0.3 is 15.4 Å². The second kappa shape index (κ2) is 9.56. The van der Waals surface area contributed by atoms with E-state index in [-0.39, 0.29) is 18.3 Å². The molecule has 2 aliphatic rings. The zero-order valence-corrected chi connectivity index (χ0v) is 16.0. The lowest BCUT2D eigenvalue weighted by atomic mass is 9.73. The normalized spacial score (nSPS) is 22.7. The first-order chi connectivity index (χ1) is 11.7. The van der Waals surface area contributed by atoms with Crippen LogP contribution in [-0.2, 0) is 14.9 Å². The van der Waals surface area contributed by atoms with Crippen molar-refractivity contribution in [2.45, 2.75) is 44.4 Å². The Morgan fingerprint density at radius 2 is 2.00 bits per heavy atom. The highest BCUT2D eigenvalue weighted by molar-refractivity contribution is 5.88. The van der Waals surface area contributed by atoms with E-state index in [1.54, 1.807) is 0 Å². The summed E-state index contributed by atoms with van der Waals surface area (Å²) >= 11 is 0. The number of carbonyl (C=O) groups excluding carboxylic acids is 1. The first kappa shape index (κ1) is 20.2. The zero-order valence-electron chi connectivity index (χ0n) is 15.2. The Hall–Kier alpha value is -1.10. The van der Waals surface area contributed by atoms with Crippen LogP contribution in [0.2, 0.25) is 0 Å². The van der Waals surface area contributed by atoms with Crippen LogP contribution in [0.1, 0.15) is 43.2 Å². The number of nitrogens with one attached hydrogen (secondary N) is 2. The predicted octanol–water partition coefficient (Wildman–Crippen LogP) is 2.97. The van der Waals surface area contributed by atoms with E-state index < -0.39 is 5.41 Å². The van der Waals surface area contributed by atoms with Gasteiger partial charge in [-0.3, -0.25) is 4.79 Å². The van der Waals surface area contributed by atoms with Gasteiger partial charge in [0.25, 0.3) is 0 Å². The Kier molecular flexibility index (Phi) is 7.73. The molecule has 0 bridgehead atoms. The van der Waals surface area contributed by atoms with Crippen LogP contribution in [0.5, 0.6) is 0 Å². The lowest BCUT2D eigenvalue weighted by Crippen LogP contribution is -2.48. The number of aryl methyl sites for hydroxylation is 1. The molecule has 4 nitrogen and oxygen atoms in total. The molecule has 1 aromatic rings. The van der Waals surface area contributed by atoms with Crippen LogP contribution in [0.4, 0.5) is 0 Å². The molecule has 3 rings (SSSR count). The van der Waals surface area contributed by atoms with Gasteiger partial charge in [-0.15, -0.1) is 12.4 Å². The summed E-state index contributed by atoms with van der Waals surface area (Å²) in [6.07, 6.45) is 5.14. The molecule has 0 radical (unpaired) electrons. The number of amides is 1. The van der Waals surface area contributed by atoms with Crippen LogP contribution in [-0.4, -0.2) is 38.8 Å². The van der Waals surface area contributed by atoms with Crippen LogP contribution in [0.25, 0.3) is 0 Å². The summed E-state index contributed by atoms with van der Waals surface area (Å²) < 4.78 is 5.53. The molecule has 0 saturated carbocycles. The highest BCUT2D eigenvalue weighted by Gasteiger charge is 2.41. The Balaban J connectivity index is 0.00000225. The number of hydrogen-bond donors (Lipinski definition) is 2. The van der Waals surface area contributed by atoms with Crippen molar-refractivity contribution in [3.63, 3.8) is 0 Å². The van der Waals surface area contributed by atoms with Gasteiger partial charge in [0.2, 0.25) is 5.91 Å². The molecule has 2 aliphatic heterocycles. The minimum atomic E-state index is -0.420. The monoisotopic (exact) mass is 366 g/mol. The van der Waals surface area contributed by atoms with Gasteiger partial charge in [0.15, 0.2) is 0 Å². The molecular formula is C20H31ClN2O2. The molecule has 1 unspecified atom stereocenters. The third kappa shape index (κ3) is 4.96. The smallest absolute Gasteiger partial charge is 0.230 e. The van der Waals surface area contributed by atoms with Crippen molar-refractivity contribution < 1.29 is 9.53 Å². The third-order valence-electron chi connectivity index (χ3n) is 5.62. The summed E-state index contributed by atoms with van der Waals surface area (Å²) in [6, 6.07) is 8.44. The molecule has 1 aromatic carbocycles. The van der Waals surface area contributed by atoms with E-state index in [9.17, 15) is 4.79 Å². The maximum Gasteiger partial charge on any atom is 0.230 e. The molecule has 5 heteroatoms. The highest BCUT2D eigenvalue weighted by atomic mass is 35.5. The van der Waals surface area contributed by atoms with Crippen LogP contribution in [0.15, 0.2) is 24.3 Å².